The van der Waals surface area contributed by atoms with Crippen molar-refractivity contribution in [1.29, 1.82) is 0 Å². The highest BCUT2D eigenvalue weighted by Crippen LogP contribution is 2.31. The smallest absolute Gasteiger partial charge is 0.416 e. The fourth-order valence-electron chi connectivity index (χ4n) is 3.58. The fourth-order valence-corrected chi connectivity index (χ4v) is 3.58. The highest BCUT2D eigenvalue weighted by atomic mass is 19.4. The molecule has 0 bridgehead atoms. The summed E-state index contributed by atoms with van der Waals surface area (Å²) in [7, 11) is 0. The molecule has 7 nitrogen and oxygen atoms in total. The zero-order valence-corrected chi connectivity index (χ0v) is 18.2. The van der Waals surface area contributed by atoms with Crippen LogP contribution in [0, 0.1) is 10.1 Å². The van der Waals surface area contributed by atoms with Gasteiger partial charge >= 0.3 is 12.4 Å². The lowest BCUT2D eigenvalue weighted by atomic mass is 10.1. The number of rotatable bonds is 7. The van der Waals surface area contributed by atoms with Crippen molar-refractivity contribution < 1.29 is 40.8 Å². The van der Waals surface area contributed by atoms with E-state index in [0.717, 1.165) is 24.3 Å². The Kier molecular flexibility index (Phi) is 7.76. The second kappa shape index (κ2) is 10.4. The topological polar surface area (TPSA) is 75.9 Å². The summed E-state index contributed by atoms with van der Waals surface area (Å²) in [5.74, 6) is -0.653. The van der Waals surface area contributed by atoms with Gasteiger partial charge in [0, 0.05) is 50.4 Å². The van der Waals surface area contributed by atoms with Crippen molar-refractivity contribution in [2.75, 3.05) is 37.7 Å². The zero-order chi connectivity index (χ0) is 25.8. The number of non-ortho nitro benzene ring substituents is 1. The summed E-state index contributed by atoms with van der Waals surface area (Å²) in [5, 5.41) is 11.2. The molecule has 0 N–H and O–H groups in total. The van der Waals surface area contributed by atoms with Crippen molar-refractivity contribution in [3.63, 3.8) is 0 Å². The molecule has 2 aromatic carbocycles. The molecule has 3 rings (SSSR count). The maximum absolute atomic E-state index is 13.1. The lowest BCUT2D eigenvalue weighted by molar-refractivity contribution is -0.384. The van der Waals surface area contributed by atoms with Crippen molar-refractivity contribution in [2.45, 2.75) is 25.2 Å². The summed E-state index contributed by atoms with van der Waals surface area (Å²) in [6.45, 7) is 0.618. The quantitative estimate of drug-likeness (QED) is 0.221. The first-order chi connectivity index (χ1) is 16.3. The third-order valence-corrected chi connectivity index (χ3v) is 5.39. The molecule has 1 aliphatic heterocycles. The van der Waals surface area contributed by atoms with Crippen LogP contribution in [-0.4, -0.2) is 54.7 Å². The van der Waals surface area contributed by atoms with Crippen LogP contribution in [0.1, 0.15) is 28.8 Å². The van der Waals surface area contributed by atoms with Gasteiger partial charge < -0.3 is 14.5 Å². The fraction of sp³-hybridized carbons (Fsp3) is 0.409. The second-order valence-corrected chi connectivity index (χ2v) is 7.83. The van der Waals surface area contributed by atoms with E-state index in [0.29, 0.717) is 18.8 Å². The molecular formula is C22H21F6N3O4. The SMILES string of the molecule is O=C(c1cc([N+](=O)[O-])ccc1OCCCC(F)(F)F)N1CCN(c2ccc(C(F)(F)F)cc2)CC1. The van der Waals surface area contributed by atoms with E-state index in [9.17, 15) is 41.3 Å². The Labute approximate surface area is 196 Å². The molecule has 0 saturated carbocycles. The molecule has 0 atom stereocenters. The van der Waals surface area contributed by atoms with Crippen molar-refractivity contribution >= 4 is 17.3 Å². The molecule has 1 saturated heterocycles. The zero-order valence-electron chi connectivity index (χ0n) is 18.2. The van der Waals surface area contributed by atoms with Crippen LogP contribution in [-0.2, 0) is 6.18 Å². The van der Waals surface area contributed by atoms with Gasteiger partial charge in [-0.2, -0.15) is 26.3 Å². The highest BCUT2D eigenvalue weighted by Gasteiger charge is 2.31. The molecule has 0 aromatic heterocycles. The van der Waals surface area contributed by atoms with E-state index in [1.807, 2.05) is 0 Å². The van der Waals surface area contributed by atoms with E-state index in [2.05, 4.69) is 0 Å². The minimum atomic E-state index is -4.45. The largest absolute Gasteiger partial charge is 0.493 e. The molecule has 0 aliphatic carbocycles. The minimum absolute atomic E-state index is 0.0621. The average molecular weight is 505 g/mol. The maximum Gasteiger partial charge on any atom is 0.416 e. The Bertz CT molecular complexity index is 1050. The van der Waals surface area contributed by atoms with Gasteiger partial charge in [0.1, 0.15) is 5.75 Å². The number of halogens is 6. The molecule has 0 unspecified atom stereocenters. The molecule has 1 heterocycles. The summed E-state index contributed by atoms with van der Waals surface area (Å²) in [4.78, 5) is 26.7. The molecule has 1 aliphatic rings. The molecular weight excluding hydrogens is 484 g/mol. The van der Waals surface area contributed by atoms with Crippen molar-refractivity contribution in [1.82, 2.24) is 4.90 Å². The number of hydrogen-bond acceptors (Lipinski definition) is 5. The van der Waals surface area contributed by atoms with Gasteiger partial charge in [-0.15, -0.1) is 0 Å². The monoisotopic (exact) mass is 505 g/mol. The van der Waals surface area contributed by atoms with E-state index in [1.165, 1.54) is 23.1 Å². The van der Waals surface area contributed by atoms with E-state index in [-0.39, 0.29) is 43.1 Å². The maximum atomic E-state index is 13.1. The summed E-state index contributed by atoms with van der Waals surface area (Å²) in [5.41, 5.74) is -0.744. The molecule has 35 heavy (non-hydrogen) atoms. The Morgan fingerprint density at radius 3 is 2.14 bits per heavy atom. The Morgan fingerprint density at radius 2 is 1.60 bits per heavy atom. The summed E-state index contributed by atoms with van der Waals surface area (Å²) in [6.07, 6.45) is -10.2. The van der Waals surface area contributed by atoms with Crippen LogP contribution in [0.25, 0.3) is 0 Å². The van der Waals surface area contributed by atoms with Crippen LogP contribution >= 0.6 is 0 Å². The number of nitrogens with zero attached hydrogens (tertiary/aromatic N) is 3. The van der Waals surface area contributed by atoms with Gasteiger partial charge in [0.2, 0.25) is 0 Å². The van der Waals surface area contributed by atoms with Crippen molar-refractivity contribution in [2.24, 2.45) is 0 Å². The highest BCUT2D eigenvalue weighted by molar-refractivity contribution is 5.97. The average Bonchev–Trinajstić information content (AvgIpc) is 2.80. The number of carbonyl (C=O) groups is 1. The minimum Gasteiger partial charge on any atom is -0.493 e. The Morgan fingerprint density at radius 1 is 0.971 bits per heavy atom. The van der Waals surface area contributed by atoms with Crippen LogP contribution in [0.2, 0.25) is 0 Å². The number of alkyl halides is 6. The summed E-state index contributed by atoms with van der Waals surface area (Å²) < 4.78 is 80.7. The number of amides is 1. The van der Waals surface area contributed by atoms with Gasteiger partial charge in [-0.3, -0.25) is 14.9 Å². The van der Waals surface area contributed by atoms with Crippen LogP contribution in [0.15, 0.2) is 42.5 Å². The Hall–Kier alpha value is -3.51. The van der Waals surface area contributed by atoms with Gasteiger partial charge in [-0.25, -0.2) is 0 Å². The molecule has 1 amide bonds. The molecule has 0 spiro atoms. The van der Waals surface area contributed by atoms with Gasteiger partial charge in [0.15, 0.2) is 0 Å². The standard InChI is InChI=1S/C22H21F6N3O4/c23-21(24,25)8-1-13-35-19-7-6-17(31(33)34)14-18(19)20(32)30-11-9-29(10-12-30)16-4-2-15(3-5-16)22(26,27)28/h2-7,14H,1,8-13H2. The second-order valence-electron chi connectivity index (χ2n) is 7.83. The first kappa shape index (κ1) is 26.1. The van der Waals surface area contributed by atoms with E-state index < -0.39 is 35.2 Å². The number of carbonyl (C=O) groups excluding carboxylic acids is 1. The number of nitro benzene ring substituents is 1. The normalized spacial score (nSPS) is 14.7. The van der Waals surface area contributed by atoms with Crippen LogP contribution in [0.4, 0.5) is 37.7 Å². The molecule has 2 aromatic rings. The summed E-state index contributed by atoms with van der Waals surface area (Å²) in [6, 6.07) is 7.91. The van der Waals surface area contributed by atoms with Crippen molar-refractivity contribution in [3.05, 3.63) is 63.7 Å². The number of piperazine rings is 1. The number of benzene rings is 2. The van der Waals surface area contributed by atoms with Gasteiger partial charge in [0.05, 0.1) is 22.7 Å². The molecule has 13 heteroatoms. The first-order valence-electron chi connectivity index (χ1n) is 10.5. The third kappa shape index (κ3) is 6.99. The molecule has 1 fully saturated rings. The summed E-state index contributed by atoms with van der Waals surface area (Å²) >= 11 is 0. The van der Waals surface area contributed by atoms with E-state index in [1.54, 1.807) is 4.90 Å². The third-order valence-electron chi connectivity index (χ3n) is 5.39. The van der Waals surface area contributed by atoms with Crippen LogP contribution < -0.4 is 9.64 Å². The van der Waals surface area contributed by atoms with Gasteiger partial charge in [-0.1, -0.05) is 0 Å². The van der Waals surface area contributed by atoms with Crippen molar-refractivity contribution in [3.8, 4) is 5.75 Å². The predicted molar refractivity (Wildman–Crippen MR) is 113 cm³/mol. The number of nitro groups is 1. The van der Waals surface area contributed by atoms with Gasteiger partial charge in [-0.05, 0) is 36.8 Å². The van der Waals surface area contributed by atoms with Crippen LogP contribution in [0.3, 0.4) is 0 Å². The van der Waals surface area contributed by atoms with Crippen LogP contribution in [0.5, 0.6) is 5.75 Å². The lowest BCUT2D eigenvalue weighted by Crippen LogP contribution is -2.48. The number of hydrogen-bond donors (Lipinski definition) is 0. The lowest BCUT2D eigenvalue weighted by Gasteiger charge is -2.36. The van der Waals surface area contributed by atoms with E-state index in [4.69, 9.17) is 4.74 Å². The molecule has 190 valence electrons. The predicted octanol–water partition coefficient (Wildman–Crippen LogP) is 5.30. The Balaban J connectivity index is 1.68. The van der Waals surface area contributed by atoms with Gasteiger partial charge in [0.25, 0.3) is 11.6 Å². The van der Waals surface area contributed by atoms with E-state index >= 15 is 0 Å². The number of ether oxygens (including phenoxy) is 1. The first-order valence-corrected chi connectivity index (χ1v) is 10.5. The molecule has 0 radical (unpaired) electrons. The number of anilines is 1.